The van der Waals surface area contributed by atoms with E-state index in [4.69, 9.17) is 0 Å². The lowest BCUT2D eigenvalue weighted by atomic mass is 9.85. The predicted molar refractivity (Wildman–Crippen MR) is 96.5 cm³/mol. The first kappa shape index (κ1) is 14.1. The van der Waals surface area contributed by atoms with Crippen LogP contribution >= 0.6 is 0 Å². The number of anilines is 1. The van der Waals surface area contributed by atoms with E-state index in [1.54, 1.807) is 0 Å². The van der Waals surface area contributed by atoms with Crippen LogP contribution in [0, 0.1) is 6.92 Å². The van der Waals surface area contributed by atoms with Crippen LogP contribution in [0.1, 0.15) is 29.2 Å². The largest absolute Gasteiger partial charge is 0.377 e. The van der Waals surface area contributed by atoms with Gasteiger partial charge in [-0.1, -0.05) is 42.5 Å². The molecule has 3 aromatic rings. The van der Waals surface area contributed by atoms with Crippen molar-refractivity contribution in [2.24, 2.45) is 0 Å². The minimum Gasteiger partial charge on any atom is -0.377 e. The van der Waals surface area contributed by atoms with Crippen molar-refractivity contribution in [1.82, 2.24) is 26.0 Å². The molecular formula is C19H18N6. The van der Waals surface area contributed by atoms with E-state index in [0.717, 1.165) is 28.3 Å². The lowest BCUT2D eigenvalue weighted by molar-refractivity contribution is 0.605. The summed E-state index contributed by atoms with van der Waals surface area (Å²) in [6.07, 6.45) is 1.98. The molecule has 0 saturated heterocycles. The van der Waals surface area contributed by atoms with Crippen molar-refractivity contribution in [3.05, 3.63) is 76.2 Å². The molecule has 0 bridgehead atoms. The first-order chi connectivity index (χ1) is 12.3. The molecule has 0 fully saturated rings. The minimum atomic E-state index is -0.0257. The van der Waals surface area contributed by atoms with E-state index < -0.39 is 0 Å². The van der Waals surface area contributed by atoms with Gasteiger partial charge in [0.2, 0.25) is 0 Å². The summed E-state index contributed by atoms with van der Waals surface area (Å²) in [4.78, 5) is 4.63. The van der Waals surface area contributed by atoms with Gasteiger partial charge in [0.15, 0.2) is 5.82 Å². The van der Waals surface area contributed by atoms with Crippen molar-refractivity contribution in [3.63, 3.8) is 0 Å². The Hall–Kier alpha value is -3.28. The summed E-state index contributed by atoms with van der Waals surface area (Å²) >= 11 is 0. The molecule has 6 heteroatoms. The highest BCUT2D eigenvalue weighted by molar-refractivity contribution is 5.68. The second-order valence-corrected chi connectivity index (χ2v) is 6.39. The number of hydrazine groups is 1. The van der Waals surface area contributed by atoms with Gasteiger partial charge in [-0.2, -0.15) is 5.10 Å². The number of rotatable bonds is 2. The van der Waals surface area contributed by atoms with Crippen molar-refractivity contribution in [2.45, 2.75) is 18.9 Å². The van der Waals surface area contributed by atoms with E-state index in [1.165, 1.54) is 10.8 Å². The van der Waals surface area contributed by atoms with Gasteiger partial charge < -0.3 is 16.2 Å². The van der Waals surface area contributed by atoms with E-state index in [9.17, 15) is 0 Å². The third-order valence-electron chi connectivity index (χ3n) is 4.81. The van der Waals surface area contributed by atoms with Crippen LogP contribution < -0.4 is 26.6 Å². The van der Waals surface area contributed by atoms with Gasteiger partial charge in [0.25, 0.3) is 0 Å². The molecule has 0 radical (unpaired) electrons. The number of nitrogens with one attached hydrogen (secondary N) is 4. The third-order valence-corrected chi connectivity index (χ3v) is 4.81. The molecule has 2 atom stereocenters. The first-order valence-corrected chi connectivity index (χ1v) is 8.36. The number of hydrogen-bond donors (Lipinski definition) is 4. The first-order valence-electron chi connectivity index (χ1n) is 8.36. The fourth-order valence-corrected chi connectivity index (χ4v) is 3.73. The zero-order valence-corrected chi connectivity index (χ0v) is 13.7. The molecule has 4 N–H and O–H groups in total. The number of hydrogen-bond acceptors (Lipinski definition) is 5. The summed E-state index contributed by atoms with van der Waals surface area (Å²) in [6, 6.07) is 16.8. The van der Waals surface area contributed by atoms with Crippen LogP contribution in [0.3, 0.4) is 0 Å². The van der Waals surface area contributed by atoms with Gasteiger partial charge in [-0.3, -0.25) is 5.10 Å². The summed E-state index contributed by atoms with van der Waals surface area (Å²) in [7, 11) is 0. The van der Waals surface area contributed by atoms with E-state index in [-0.39, 0.29) is 12.0 Å². The minimum absolute atomic E-state index is 0.0257. The summed E-state index contributed by atoms with van der Waals surface area (Å²) in [6.45, 7) is 1.93. The number of benzene rings is 2. The highest BCUT2D eigenvalue weighted by Gasteiger charge is 2.36. The maximum atomic E-state index is 4.63. The van der Waals surface area contributed by atoms with Gasteiger partial charge in [0, 0.05) is 22.3 Å². The molecule has 0 aliphatic carbocycles. The van der Waals surface area contributed by atoms with Gasteiger partial charge in [-0.15, -0.1) is 0 Å². The van der Waals surface area contributed by atoms with Crippen molar-refractivity contribution in [2.75, 3.05) is 5.32 Å². The molecule has 3 heterocycles. The van der Waals surface area contributed by atoms with Crippen molar-refractivity contribution < 1.29 is 0 Å². The van der Waals surface area contributed by atoms with Crippen LogP contribution in [0.4, 0.5) is 5.69 Å². The maximum absolute atomic E-state index is 4.63. The van der Waals surface area contributed by atoms with Crippen LogP contribution in [0.5, 0.6) is 0 Å². The SMILES string of the molecule is Cc1nc(C2C3=c4c(cccc4=CNN3)NC2c2ccccc2)n[nH]1. The average molecular weight is 330 g/mol. The molecule has 2 aliphatic rings. The summed E-state index contributed by atoms with van der Waals surface area (Å²) < 4.78 is 0. The molecule has 2 aliphatic heterocycles. The number of H-pyrrole nitrogens is 1. The van der Waals surface area contributed by atoms with E-state index >= 15 is 0 Å². The summed E-state index contributed by atoms with van der Waals surface area (Å²) in [5, 5.41) is 13.5. The standard InChI is InChI=1S/C19H18N6/c1-11-21-19(25-23-11)16-17(12-6-3-2-4-7-12)22-14-9-5-8-13-10-20-24-18(16)15(13)14/h2-10,16-17,20,22,24H,1H3,(H,21,23,25). The van der Waals surface area contributed by atoms with E-state index in [0.29, 0.717) is 0 Å². The molecule has 0 spiro atoms. The zero-order valence-electron chi connectivity index (χ0n) is 13.7. The fraction of sp³-hybridized carbons (Fsp3) is 0.158. The van der Waals surface area contributed by atoms with Gasteiger partial charge in [0.05, 0.1) is 17.7 Å². The second-order valence-electron chi connectivity index (χ2n) is 6.39. The molecule has 25 heavy (non-hydrogen) atoms. The Morgan fingerprint density at radius 3 is 2.68 bits per heavy atom. The Kier molecular flexibility index (Phi) is 3.03. The smallest absolute Gasteiger partial charge is 0.162 e. The molecule has 124 valence electrons. The lowest BCUT2D eigenvalue weighted by Gasteiger charge is -2.35. The molecule has 0 saturated carbocycles. The van der Waals surface area contributed by atoms with Crippen LogP contribution in [0.15, 0.2) is 48.5 Å². The van der Waals surface area contributed by atoms with Crippen LogP contribution in [-0.2, 0) is 0 Å². The maximum Gasteiger partial charge on any atom is 0.162 e. The van der Waals surface area contributed by atoms with Crippen molar-refractivity contribution in [1.29, 1.82) is 0 Å². The third kappa shape index (κ3) is 2.18. The zero-order chi connectivity index (χ0) is 16.8. The number of aromatic amines is 1. The fourth-order valence-electron chi connectivity index (χ4n) is 3.73. The van der Waals surface area contributed by atoms with Crippen molar-refractivity contribution >= 4 is 17.6 Å². The van der Waals surface area contributed by atoms with Crippen molar-refractivity contribution in [3.8, 4) is 0 Å². The molecule has 5 rings (SSSR count). The molecule has 0 amide bonds. The molecule has 6 nitrogen and oxygen atoms in total. The number of aromatic nitrogens is 3. The number of nitrogens with zero attached hydrogens (tertiary/aromatic N) is 2. The number of aryl methyl sites for hydroxylation is 1. The molecule has 2 unspecified atom stereocenters. The Morgan fingerprint density at radius 1 is 1.00 bits per heavy atom. The highest BCUT2D eigenvalue weighted by atomic mass is 15.4. The van der Waals surface area contributed by atoms with E-state index in [1.807, 2.05) is 19.2 Å². The van der Waals surface area contributed by atoms with Gasteiger partial charge in [0.1, 0.15) is 5.82 Å². The Labute approximate surface area is 144 Å². The summed E-state index contributed by atoms with van der Waals surface area (Å²) in [5.74, 6) is 1.57. The van der Waals surface area contributed by atoms with E-state index in [2.05, 4.69) is 73.8 Å². The molecular weight excluding hydrogens is 312 g/mol. The van der Waals surface area contributed by atoms with Gasteiger partial charge in [-0.05, 0) is 18.6 Å². The lowest BCUT2D eigenvalue weighted by Crippen LogP contribution is -2.50. The topological polar surface area (TPSA) is 77.7 Å². The average Bonchev–Trinajstić information content (AvgIpc) is 3.08. The second kappa shape index (κ2) is 5.37. The molecule has 1 aromatic heterocycles. The van der Waals surface area contributed by atoms with Crippen LogP contribution in [0.25, 0.3) is 11.9 Å². The van der Waals surface area contributed by atoms with Crippen LogP contribution in [0.2, 0.25) is 0 Å². The van der Waals surface area contributed by atoms with Gasteiger partial charge in [-0.25, -0.2) is 4.98 Å². The molecule has 2 aromatic carbocycles. The quantitative estimate of drug-likeness (QED) is 0.564. The Bertz CT molecular complexity index is 1050. The normalized spacial score (nSPS) is 20.6. The monoisotopic (exact) mass is 330 g/mol. The predicted octanol–water partition coefficient (Wildman–Crippen LogP) is 1.02. The Morgan fingerprint density at radius 2 is 1.88 bits per heavy atom. The summed E-state index contributed by atoms with van der Waals surface area (Å²) in [5.41, 5.74) is 9.95. The highest BCUT2D eigenvalue weighted by Crippen LogP contribution is 2.39. The van der Waals surface area contributed by atoms with Crippen LogP contribution in [-0.4, -0.2) is 15.2 Å². The Balaban J connectivity index is 1.79. The van der Waals surface area contributed by atoms with Gasteiger partial charge >= 0.3 is 0 Å².